The molecule has 1 aromatic heterocycles. The van der Waals surface area contributed by atoms with Crippen molar-refractivity contribution in [3.63, 3.8) is 0 Å². The van der Waals surface area contributed by atoms with Gasteiger partial charge in [0.15, 0.2) is 5.82 Å². The van der Waals surface area contributed by atoms with Gasteiger partial charge in [0, 0.05) is 25.2 Å². The van der Waals surface area contributed by atoms with E-state index in [2.05, 4.69) is 40.6 Å². The van der Waals surface area contributed by atoms with E-state index in [9.17, 15) is 0 Å². The number of aromatic nitrogens is 3. The van der Waals surface area contributed by atoms with E-state index < -0.39 is 0 Å². The van der Waals surface area contributed by atoms with Gasteiger partial charge >= 0.3 is 0 Å². The van der Waals surface area contributed by atoms with Gasteiger partial charge in [-0.1, -0.05) is 18.2 Å². The summed E-state index contributed by atoms with van der Waals surface area (Å²) in [5.74, 6) is 1.79. The van der Waals surface area contributed by atoms with E-state index in [-0.39, 0.29) is 0 Å². The van der Waals surface area contributed by atoms with Crippen LogP contribution in [0.5, 0.6) is 5.75 Å². The van der Waals surface area contributed by atoms with Crippen LogP contribution in [0, 0.1) is 6.92 Å². The molecule has 5 heteroatoms. The lowest BCUT2D eigenvalue weighted by atomic mass is 10.1. The monoisotopic (exact) mass is 272 g/mol. The third kappa shape index (κ3) is 2.99. The molecule has 1 N–H and O–H groups in total. The summed E-state index contributed by atoms with van der Waals surface area (Å²) in [5, 5.41) is 11.4. The summed E-state index contributed by atoms with van der Waals surface area (Å²) in [6.45, 7) is 3.38. The summed E-state index contributed by atoms with van der Waals surface area (Å²) >= 11 is 0. The predicted molar refractivity (Wildman–Crippen MR) is 76.4 cm³/mol. The van der Waals surface area contributed by atoms with Crippen molar-refractivity contribution in [2.75, 3.05) is 0 Å². The quantitative estimate of drug-likeness (QED) is 0.873. The van der Waals surface area contributed by atoms with Gasteiger partial charge in [-0.15, -0.1) is 10.2 Å². The molecule has 1 aromatic carbocycles. The van der Waals surface area contributed by atoms with Crippen LogP contribution in [0.4, 0.5) is 0 Å². The lowest BCUT2D eigenvalue weighted by molar-refractivity contribution is 0.285. The van der Waals surface area contributed by atoms with E-state index in [1.807, 2.05) is 11.6 Å². The Labute approximate surface area is 119 Å². The molecule has 3 rings (SSSR count). The zero-order valence-corrected chi connectivity index (χ0v) is 12.0. The maximum atomic E-state index is 5.98. The highest BCUT2D eigenvalue weighted by Crippen LogP contribution is 2.26. The lowest BCUT2D eigenvalue weighted by Crippen LogP contribution is -2.16. The molecule has 0 amide bonds. The second-order valence-electron chi connectivity index (χ2n) is 5.37. The smallest absolute Gasteiger partial charge is 0.170 e. The summed E-state index contributed by atoms with van der Waals surface area (Å²) in [4.78, 5) is 0. The summed E-state index contributed by atoms with van der Waals surface area (Å²) < 4.78 is 7.86. The van der Waals surface area contributed by atoms with E-state index >= 15 is 0 Å². The molecule has 106 valence electrons. The van der Waals surface area contributed by atoms with Gasteiger partial charge in [0.05, 0.1) is 0 Å². The van der Waals surface area contributed by atoms with Crippen LogP contribution in [-0.2, 0) is 20.2 Å². The van der Waals surface area contributed by atoms with Gasteiger partial charge < -0.3 is 14.6 Å². The molecular formula is C15H20N4O. The summed E-state index contributed by atoms with van der Waals surface area (Å²) in [7, 11) is 1.92. The summed E-state index contributed by atoms with van der Waals surface area (Å²) in [6, 6.07) is 6.97. The topological polar surface area (TPSA) is 52.0 Å². The van der Waals surface area contributed by atoms with Crippen LogP contribution < -0.4 is 10.1 Å². The number of benzene rings is 1. The second kappa shape index (κ2) is 5.63. The van der Waals surface area contributed by atoms with Crippen molar-refractivity contribution in [3.8, 4) is 5.75 Å². The molecule has 20 heavy (non-hydrogen) atoms. The summed E-state index contributed by atoms with van der Waals surface area (Å²) in [6.07, 6.45) is 4.27. The molecule has 1 aliphatic carbocycles. The lowest BCUT2D eigenvalue weighted by Gasteiger charge is -2.14. The Kier molecular flexibility index (Phi) is 3.69. The zero-order chi connectivity index (χ0) is 13.9. The molecule has 0 unspecified atom stereocenters. The number of nitrogens with one attached hydrogen (secondary N) is 1. The molecule has 0 saturated heterocycles. The van der Waals surface area contributed by atoms with Crippen molar-refractivity contribution in [3.05, 3.63) is 41.5 Å². The molecule has 1 saturated carbocycles. The number of para-hydroxylation sites is 1. The maximum Gasteiger partial charge on any atom is 0.170 e. The average molecular weight is 272 g/mol. The molecule has 0 atom stereocenters. The first-order chi connectivity index (χ1) is 9.74. The minimum atomic E-state index is 0.442. The van der Waals surface area contributed by atoms with Crippen LogP contribution in [0.1, 0.15) is 29.8 Å². The normalized spacial score (nSPS) is 14.5. The first-order valence-corrected chi connectivity index (χ1v) is 7.01. The van der Waals surface area contributed by atoms with Gasteiger partial charge in [0.25, 0.3) is 0 Å². The molecule has 1 heterocycles. The molecule has 0 spiro atoms. The molecule has 0 aliphatic heterocycles. The highest BCUT2D eigenvalue weighted by atomic mass is 16.5. The number of hydrogen-bond acceptors (Lipinski definition) is 4. The number of ether oxygens (including phenoxy) is 1. The molecular weight excluding hydrogens is 252 g/mol. The Morgan fingerprint density at radius 1 is 1.40 bits per heavy atom. The van der Waals surface area contributed by atoms with Crippen molar-refractivity contribution >= 4 is 0 Å². The van der Waals surface area contributed by atoms with Crippen molar-refractivity contribution in [2.45, 2.75) is 39.0 Å². The fourth-order valence-electron chi connectivity index (χ4n) is 2.18. The van der Waals surface area contributed by atoms with E-state index in [4.69, 9.17) is 4.74 Å². The minimum Gasteiger partial charge on any atom is -0.485 e. The molecule has 0 bridgehead atoms. The zero-order valence-electron chi connectivity index (χ0n) is 12.0. The number of rotatable bonds is 6. The van der Waals surface area contributed by atoms with Gasteiger partial charge in [-0.05, 0) is 25.3 Å². The van der Waals surface area contributed by atoms with E-state index in [0.29, 0.717) is 12.6 Å². The third-order valence-corrected chi connectivity index (χ3v) is 3.60. The SMILES string of the molecule is Cc1cccc(CNC2CC2)c1OCc1nncn1C. The van der Waals surface area contributed by atoms with Gasteiger partial charge in [0.1, 0.15) is 18.7 Å². The highest BCUT2D eigenvalue weighted by Gasteiger charge is 2.21. The fourth-order valence-corrected chi connectivity index (χ4v) is 2.18. The van der Waals surface area contributed by atoms with Crippen molar-refractivity contribution < 1.29 is 4.74 Å². The van der Waals surface area contributed by atoms with Crippen molar-refractivity contribution in [1.29, 1.82) is 0 Å². The minimum absolute atomic E-state index is 0.442. The first kappa shape index (κ1) is 13.1. The van der Waals surface area contributed by atoms with Gasteiger partial charge in [-0.25, -0.2) is 0 Å². The van der Waals surface area contributed by atoms with Gasteiger partial charge in [-0.3, -0.25) is 0 Å². The van der Waals surface area contributed by atoms with Crippen LogP contribution in [0.25, 0.3) is 0 Å². The van der Waals surface area contributed by atoms with Gasteiger partial charge in [-0.2, -0.15) is 0 Å². The van der Waals surface area contributed by atoms with Gasteiger partial charge in [0.2, 0.25) is 0 Å². The predicted octanol–water partition coefficient (Wildman–Crippen LogP) is 1.95. The number of nitrogens with zero attached hydrogens (tertiary/aromatic N) is 3. The standard InChI is InChI=1S/C15H20N4O/c1-11-4-3-5-12(8-16-13-6-7-13)15(11)20-9-14-18-17-10-19(14)2/h3-5,10,13,16H,6-9H2,1-2H3. The van der Waals surface area contributed by atoms with Crippen LogP contribution >= 0.6 is 0 Å². The number of hydrogen-bond donors (Lipinski definition) is 1. The largest absolute Gasteiger partial charge is 0.485 e. The van der Waals surface area contributed by atoms with Crippen molar-refractivity contribution in [1.82, 2.24) is 20.1 Å². The number of aryl methyl sites for hydroxylation is 2. The van der Waals surface area contributed by atoms with Crippen molar-refractivity contribution in [2.24, 2.45) is 7.05 Å². The van der Waals surface area contributed by atoms with E-state index in [0.717, 1.165) is 23.7 Å². The Balaban J connectivity index is 1.71. The van der Waals surface area contributed by atoms with E-state index in [1.54, 1.807) is 6.33 Å². The molecule has 1 aliphatic rings. The Morgan fingerprint density at radius 3 is 2.95 bits per heavy atom. The molecule has 1 fully saturated rings. The first-order valence-electron chi connectivity index (χ1n) is 7.01. The van der Waals surface area contributed by atoms with Crippen LogP contribution in [0.15, 0.2) is 24.5 Å². The van der Waals surface area contributed by atoms with Crippen LogP contribution in [0.2, 0.25) is 0 Å². The molecule has 2 aromatic rings. The van der Waals surface area contributed by atoms with Crippen LogP contribution in [0.3, 0.4) is 0 Å². The second-order valence-corrected chi connectivity index (χ2v) is 5.37. The Morgan fingerprint density at radius 2 is 2.25 bits per heavy atom. The Hall–Kier alpha value is -1.88. The third-order valence-electron chi connectivity index (χ3n) is 3.60. The molecule has 0 radical (unpaired) electrons. The Bertz CT molecular complexity index is 589. The van der Waals surface area contributed by atoms with E-state index in [1.165, 1.54) is 18.4 Å². The maximum absolute atomic E-state index is 5.98. The highest BCUT2D eigenvalue weighted by molar-refractivity contribution is 5.40. The molecule has 5 nitrogen and oxygen atoms in total. The average Bonchev–Trinajstić information content (AvgIpc) is 3.18. The fraction of sp³-hybridized carbons (Fsp3) is 0.467. The van der Waals surface area contributed by atoms with Crippen LogP contribution in [-0.4, -0.2) is 20.8 Å². The summed E-state index contributed by atoms with van der Waals surface area (Å²) in [5.41, 5.74) is 2.36.